The number of hydrogen-bond donors (Lipinski definition) is 0. The Labute approximate surface area is 384 Å². The van der Waals surface area contributed by atoms with Crippen LogP contribution in [-0.2, 0) is 5.41 Å². The molecule has 0 spiro atoms. The van der Waals surface area contributed by atoms with Gasteiger partial charge in [0.05, 0.1) is 27.8 Å². The minimum Gasteiger partial charge on any atom is -0.310 e. The van der Waals surface area contributed by atoms with Gasteiger partial charge in [0, 0.05) is 55.3 Å². The Morgan fingerprint density at radius 1 is 0.333 bits per heavy atom. The van der Waals surface area contributed by atoms with E-state index in [0.29, 0.717) is 0 Å². The third kappa shape index (κ3) is 5.76. The third-order valence-electron chi connectivity index (χ3n) is 14.1. The second-order valence-corrected chi connectivity index (χ2v) is 18.1. The molecule has 0 amide bonds. The van der Waals surface area contributed by atoms with Crippen molar-refractivity contribution in [3.8, 4) is 44.8 Å². The standard InChI is InChI=1S/C63H45N3/c1-63(2)55-27-13-9-22-48(55)49-39-37-47(41-56(49)63)64(46-35-32-42(33-36-46)43-34-38-52-50-23-10-15-29-58(50)66(61(52)40-43)45-20-7-4-8-21-45)57-28-14-11-24-51(57)53-26-17-31-60-62(53)54-25-12-16-30-59(54)65(60)44-18-5-3-6-19-44/h3-41H,1-2H3. The zero-order chi connectivity index (χ0) is 43.9. The topological polar surface area (TPSA) is 13.1 Å². The van der Waals surface area contributed by atoms with Crippen molar-refractivity contribution in [2.75, 3.05) is 4.90 Å². The maximum atomic E-state index is 2.48. The van der Waals surface area contributed by atoms with Crippen LogP contribution >= 0.6 is 0 Å². The van der Waals surface area contributed by atoms with E-state index in [9.17, 15) is 0 Å². The van der Waals surface area contributed by atoms with Crippen LogP contribution in [0.3, 0.4) is 0 Å². The molecule has 0 bridgehead atoms. The molecular weight excluding hydrogens is 799 g/mol. The molecule has 0 radical (unpaired) electrons. The highest BCUT2D eigenvalue weighted by molar-refractivity contribution is 6.17. The Balaban J connectivity index is 1.000. The van der Waals surface area contributed by atoms with Crippen LogP contribution in [0.4, 0.5) is 17.1 Å². The van der Waals surface area contributed by atoms with E-state index in [1.807, 2.05) is 0 Å². The molecule has 0 N–H and O–H groups in total. The van der Waals surface area contributed by atoms with Gasteiger partial charge in [0.25, 0.3) is 0 Å². The van der Waals surface area contributed by atoms with E-state index in [0.717, 1.165) is 28.4 Å². The predicted molar refractivity (Wildman–Crippen MR) is 278 cm³/mol. The largest absolute Gasteiger partial charge is 0.310 e. The maximum absolute atomic E-state index is 2.48. The number of hydrogen-bond acceptors (Lipinski definition) is 1. The monoisotopic (exact) mass is 843 g/mol. The number of rotatable bonds is 7. The summed E-state index contributed by atoms with van der Waals surface area (Å²) >= 11 is 0. The molecule has 3 heteroatoms. The smallest absolute Gasteiger partial charge is 0.0547 e. The molecule has 1 aliphatic rings. The molecule has 66 heavy (non-hydrogen) atoms. The third-order valence-corrected chi connectivity index (χ3v) is 14.1. The molecule has 312 valence electrons. The number of anilines is 3. The summed E-state index contributed by atoms with van der Waals surface area (Å²) in [6.07, 6.45) is 0. The molecule has 0 fully saturated rings. The Bertz CT molecular complexity index is 3830. The summed E-state index contributed by atoms with van der Waals surface area (Å²) in [6, 6.07) is 86.9. The zero-order valence-electron chi connectivity index (χ0n) is 36.9. The fourth-order valence-electron chi connectivity index (χ4n) is 11.1. The van der Waals surface area contributed by atoms with Gasteiger partial charge in [-0.25, -0.2) is 0 Å². The lowest BCUT2D eigenvalue weighted by atomic mass is 9.82. The normalized spacial score (nSPS) is 12.8. The van der Waals surface area contributed by atoms with Crippen LogP contribution < -0.4 is 4.90 Å². The molecule has 0 unspecified atom stereocenters. The molecule has 3 nitrogen and oxygen atoms in total. The van der Waals surface area contributed by atoms with Gasteiger partial charge in [-0.15, -0.1) is 0 Å². The summed E-state index contributed by atoms with van der Waals surface area (Å²) in [5.74, 6) is 0. The minimum atomic E-state index is -0.150. The van der Waals surface area contributed by atoms with Crippen LogP contribution in [0.15, 0.2) is 237 Å². The van der Waals surface area contributed by atoms with Crippen molar-refractivity contribution in [1.82, 2.24) is 9.13 Å². The molecule has 0 saturated heterocycles. The molecule has 1 aliphatic carbocycles. The van der Waals surface area contributed by atoms with Crippen LogP contribution in [0, 0.1) is 0 Å². The van der Waals surface area contributed by atoms with Crippen molar-refractivity contribution in [1.29, 1.82) is 0 Å². The van der Waals surface area contributed by atoms with E-state index in [1.54, 1.807) is 0 Å². The van der Waals surface area contributed by atoms with Gasteiger partial charge in [-0.2, -0.15) is 0 Å². The van der Waals surface area contributed by atoms with Crippen molar-refractivity contribution in [3.63, 3.8) is 0 Å². The second kappa shape index (κ2) is 14.8. The first-order valence-electron chi connectivity index (χ1n) is 22.9. The summed E-state index contributed by atoms with van der Waals surface area (Å²) in [7, 11) is 0. The average Bonchev–Trinajstić information content (AvgIpc) is 3.98. The van der Waals surface area contributed by atoms with E-state index in [2.05, 4.69) is 264 Å². The van der Waals surface area contributed by atoms with Gasteiger partial charge in [0.1, 0.15) is 0 Å². The molecule has 2 aromatic heterocycles. The molecule has 2 heterocycles. The number of benzene rings is 10. The van der Waals surface area contributed by atoms with E-state index in [1.165, 1.54) is 88.1 Å². The van der Waals surface area contributed by atoms with Gasteiger partial charge in [-0.05, 0) is 118 Å². The Morgan fingerprint density at radius 2 is 0.864 bits per heavy atom. The zero-order valence-corrected chi connectivity index (χ0v) is 36.9. The summed E-state index contributed by atoms with van der Waals surface area (Å²) < 4.78 is 4.80. The van der Waals surface area contributed by atoms with Crippen LogP contribution in [-0.4, -0.2) is 9.13 Å². The summed E-state index contributed by atoms with van der Waals surface area (Å²) in [5, 5.41) is 4.99. The van der Waals surface area contributed by atoms with Gasteiger partial charge < -0.3 is 14.0 Å². The first-order valence-corrected chi connectivity index (χ1v) is 22.9. The van der Waals surface area contributed by atoms with E-state index in [4.69, 9.17) is 0 Å². The Hall–Kier alpha value is -8.40. The first kappa shape index (κ1) is 38.1. The molecule has 12 aromatic rings. The molecule has 0 aliphatic heterocycles. The predicted octanol–water partition coefficient (Wildman–Crippen LogP) is 17.0. The highest BCUT2D eigenvalue weighted by Crippen LogP contribution is 2.52. The maximum Gasteiger partial charge on any atom is 0.0547 e. The quantitative estimate of drug-likeness (QED) is 0.156. The van der Waals surface area contributed by atoms with Crippen molar-refractivity contribution < 1.29 is 0 Å². The Kier molecular flexibility index (Phi) is 8.56. The van der Waals surface area contributed by atoms with E-state index < -0.39 is 0 Å². The number of fused-ring (bicyclic) bond motifs is 9. The summed E-state index contributed by atoms with van der Waals surface area (Å²) in [6.45, 7) is 4.73. The SMILES string of the molecule is CC1(C)c2ccccc2-c2ccc(N(c3ccc(-c4ccc5c6ccccc6n(-c6ccccc6)c5c4)cc3)c3ccccc3-c3cccc4c3c3ccccc3n4-c3ccccc3)cc21. The lowest BCUT2D eigenvalue weighted by Crippen LogP contribution is -2.16. The second-order valence-electron chi connectivity index (χ2n) is 18.1. The van der Waals surface area contributed by atoms with Crippen LogP contribution in [0.5, 0.6) is 0 Å². The average molecular weight is 844 g/mol. The van der Waals surface area contributed by atoms with Gasteiger partial charge in [-0.1, -0.05) is 172 Å². The number of nitrogens with zero attached hydrogens (tertiary/aromatic N) is 3. The highest BCUT2D eigenvalue weighted by atomic mass is 15.1. The van der Waals surface area contributed by atoms with Gasteiger partial charge in [0.2, 0.25) is 0 Å². The van der Waals surface area contributed by atoms with Gasteiger partial charge in [-0.3, -0.25) is 0 Å². The van der Waals surface area contributed by atoms with Gasteiger partial charge in [0.15, 0.2) is 0 Å². The summed E-state index contributed by atoms with van der Waals surface area (Å²) in [4.78, 5) is 2.48. The van der Waals surface area contributed by atoms with E-state index in [-0.39, 0.29) is 5.41 Å². The van der Waals surface area contributed by atoms with Crippen molar-refractivity contribution in [2.24, 2.45) is 0 Å². The Morgan fingerprint density at radius 3 is 1.62 bits per heavy atom. The molecular formula is C63H45N3. The number of para-hydroxylation sites is 5. The minimum absolute atomic E-state index is 0.150. The first-order chi connectivity index (χ1) is 32.5. The fourth-order valence-corrected chi connectivity index (χ4v) is 11.1. The fraction of sp³-hybridized carbons (Fsp3) is 0.0476. The highest BCUT2D eigenvalue weighted by Gasteiger charge is 2.36. The number of aromatic nitrogens is 2. The molecule has 10 aromatic carbocycles. The van der Waals surface area contributed by atoms with Crippen molar-refractivity contribution >= 4 is 60.7 Å². The summed E-state index contributed by atoms with van der Waals surface area (Å²) in [5.41, 5.74) is 20.4. The van der Waals surface area contributed by atoms with E-state index >= 15 is 0 Å². The van der Waals surface area contributed by atoms with Crippen molar-refractivity contribution in [3.05, 3.63) is 248 Å². The molecule has 0 saturated carbocycles. The van der Waals surface area contributed by atoms with Gasteiger partial charge >= 0.3 is 0 Å². The van der Waals surface area contributed by atoms with Crippen LogP contribution in [0.1, 0.15) is 25.0 Å². The molecule has 0 atom stereocenters. The van der Waals surface area contributed by atoms with Crippen molar-refractivity contribution in [2.45, 2.75) is 19.3 Å². The lowest BCUT2D eigenvalue weighted by molar-refractivity contribution is 0.660. The molecule has 13 rings (SSSR count). The lowest BCUT2D eigenvalue weighted by Gasteiger charge is -2.30. The van der Waals surface area contributed by atoms with Crippen LogP contribution in [0.25, 0.3) is 88.4 Å². The van der Waals surface area contributed by atoms with Crippen LogP contribution in [0.2, 0.25) is 0 Å².